The number of allylic oxidation sites excluding steroid dienone is 4. The minimum Gasteiger partial charge on any atom is -1.00 e. The quantitative estimate of drug-likeness (QED) is 0.328. The molecule has 130 valence electrons. The molecule has 0 spiro atoms. The van der Waals surface area contributed by atoms with Gasteiger partial charge in [-0.15, -0.1) is 6.92 Å². The molecule has 0 N–H and O–H groups in total. The van der Waals surface area contributed by atoms with E-state index in [0.29, 0.717) is 0 Å². The van der Waals surface area contributed by atoms with E-state index in [4.69, 9.17) is 0 Å². The van der Waals surface area contributed by atoms with Crippen molar-refractivity contribution in [2.24, 2.45) is 0 Å². The van der Waals surface area contributed by atoms with Gasteiger partial charge in [-0.3, -0.25) is 6.08 Å². The molecule has 1 unspecified atom stereocenters. The molecule has 0 nitrogen and oxygen atoms in total. The van der Waals surface area contributed by atoms with Crippen LogP contribution in [0.5, 0.6) is 0 Å². The molecule has 0 saturated carbocycles. The number of rotatable bonds is 2. The molecule has 0 amide bonds. The molecule has 0 radical (unpaired) electrons. The predicted octanol–water partition coefficient (Wildman–Crippen LogP) is -3.99. The fourth-order valence-corrected chi connectivity index (χ4v) is 10.8. The molecule has 1 aromatic carbocycles. The van der Waals surface area contributed by atoms with Gasteiger partial charge in [-0.25, -0.2) is 5.57 Å². The zero-order valence-corrected chi connectivity index (χ0v) is 19.7. The van der Waals surface area contributed by atoms with Crippen LogP contribution in [0.15, 0.2) is 47.1 Å². The summed E-state index contributed by atoms with van der Waals surface area (Å²) in [6, 6.07) is 14.2. The Kier molecular flexibility index (Phi) is 11.1. The number of halogens is 3. The van der Waals surface area contributed by atoms with E-state index in [9.17, 15) is 0 Å². The molecule has 1 aliphatic heterocycles. The molecule has 5 heteroatoms. The summed E-state index contributed by atoms with van der Waals surface area (Å²) in [7, 11) is -1.54. The summed E-state index contributed by atoms with van der Waals surface area (Å²) in [5.41, 5.74) is 4.47. The average Bonchev–Trinajstić information content (AvgIpc) is 3.03. The minimum absolute atomic E-state index is 0. The van der Waals surface area contributed by atoms with Crippen LogP contribution in [0.25, 0.3) is 0 Å². The number of hydrogen-bond acceptors (Lipinski definition) is 0. The molecule has 1 aromatic rings. The van der Waals surface area contributed by atoms with Crippen molar-refractivity contribution in [2.45, 2.75) is 57.7 Å². The van der Waals surface area contributed by atoms with Crippen molar-refractivity contribution in [2.75, 3.05) is 0 Å². The van der Waals surface area contributed by atoms with Crippen LogP contribution in [0.3, 0.4) is 0 Å². The Morgan fingerprint density at radius 3 is 1.83 bits per heavy atom. The van der Waals surface area contributed by atoms with E-state index in [1.165, 1.54) is 36.1 Å². The van der Waals surface area contributed by atoms with E-state index in [2.05, 4.69) is 64.1 Å². The van der Waals surface area contributed by atoms with E-state index in [-0.39, 0.29) is 64.0 Å². The Bertz CT molecular complexity index is 592. The predicted molar refractivity (Wildman–Crippen MR) is 89.8 cm³/mol. The van der Waals surface area contributed by atoms with Crippen molar-refractivity contribution >= 4 is 13.3 Å². The summed E-state index contributed by atoms with van der Waals surface area (Å²) >= 11 is 0. The summed E-state index contributed by atoms with van der Waals surface area (Å²) < 4.78 is 0. The first-order valence-electron chi connectivity index (χ1n) is 7.87. The van der Waals surface area contributed by atoms with Gasteiger partial charge in [0.2, 0.25) is 0 Å². The van der Waals surface area contributed by atoms with E-state index in [0.717, 1.165) is 0 Å². The maximum absolute atomic E-state index is 3.92. The Labute approximate surface area is 182 Å². The summed E-state index contributed by atoms with van der Waals surface area (Å²) in [4.78, 5) is 0. The van der Waals surface area contributed by atoms with Crippen LogP contribution in [0.1, 0.15) is 40.5 Å². The fraction of sp³-hybridized carbons (Fsp3) is 0.474. The van der Waals surface area contributed by atoms with Crippen LogP contribution >= 0.6 is 0 Å². The van der Waals surface area contributed by atoms with Crippen molar-refractivity contribution in [3.63, 3.8) is 0 Å². The van der Waals surface area contributed by atoms with Crippen LogP contribution in [0, 0.1) is 6.08 Å². The average molecular weight is 436 g/mol. The van der Waals surface area contributed by atoms with Crippen molar-refractivity contribution in [3.05, 3.63) is 53.1 Å². The molecular formula is C19H25Cl3SiTi. The first-order chi connectivity index (χ1) is 9.51. The molecule has 2 aliphatic rings. The molecule has 1 aliphatic carbocycles. The SMILES string of the molecule is CC1=[C-]C(C)([Si]2(c3ccccc3)CCCC2)C(C)=C1C.[Cl-].[Cl-].[Cl-].[Ti+4]. The summed E-state index contributed by atoms with van der Waals surface area (Å²) in [5, 5.41) is 1.85. The molecule has 1 fully saturated rings. The minimum atomic E-state index is -1.54. The monoisotopic (exact) mass is 434 g/mol. The molecule has 0 bridgehead atoms. The van der Waals surface area contributed by atoms with Crippen LogP contribution in [-0.2, 0) is 21.7 Å². The summed E-state index contributed by atoms with van der Waals surface area (Å²) in [6.45, 7) is 9.36. The Morgan fingerprint density at radius 1 is 0.917 bits per heavy atom. The zero-order valence-electron chi connectivity index (χ0n) is 14.8. The van der Waals surface area contributed by atoms with Crippen LogP contribution in [0.4, 0.5) is 0 Å². The number of hydrogen-bond donors (Lipinski definition) is 0. The van der Waals surface area contributed by atoms with Gasteiger partial charge < -0.3 is 37.2 Å². The van der Waals surface area contributed by atoms with E-state index < -0.39 is 8.07 Å². The second-order valence-electron chi connectivity index (χ2n) is 6.78. The molecule has 1 atom stereocenters. The van der Waals surface area contributed by atoms with Gasteiger partial charge in [0.05, 0.1) is 8.07 Å². The number of benzene rings is 1. The van der Waals surface area contributed by atoms with Crippen molar-refractivity contribution < 1.29 is 58.9 Å². The van der Waals surface area contributed by atoms with Gasteiger partial charge in [0, 0.05) is 0 Å². The van der Waals surface area contributed by atoms with Crippen molar-refractivity contribution in [1.82, 2.24) is 0 Å². The smallest absolute Gasteiger partial charge is 1.00 e. The second kappa shape index (κ2) is 10.00. The van der Waals surface area contributed by atoms with Gasteiger partial charge in [0.15, 0.2) is 0 Å². The molecule has 3 rings (SSSR count). The standard InChI is InChI=1S/C19H25Si.3ClH.Ti/c1-15-14-19(4,17(3)16(15)2)20(12-8-9-13-20)18-10-6-5-7-11-18;;;;/h5-7,10-11H,8-9,12-13H2,1-4H3;3*1H;/q-1;;;;+4/p-3. The van der Waals surface area contributed by atoms with Gasteiger partial charge in [0.1, 0.15) is 0 Å². The van der Waals surface area contributed by atoms with Crippen LogP contribution < -0.4 is 42.4 Å². The van der Waals surface area contributed by atoms with Crippen LogP contribution in [-0.4, -0.2) is 8.07 Å². The fourth-order valence-electron chi connectivity index (χ4n) is 4.51. The van der Waals surface area contributed by atoms with Crippen molar-refractivity contribution in [1.29, 1.82) is 0 Å². The Morgan fingerprint density at radius 2 is 1.42 bits per heavy atom. The molecular weight excluding hydrogens is 411 g/mol. The maximum atomic E-state index is 3.92. The Hall–Kier alpha value is 0.501. The first-order valence-corrected chi connectivity index (χ1v) is 10.3. The third-order valence-electron chi connectivity index (χ3n) is 6.05. The molecule has 1 heterocycles. The van der Waals surface area contributed by atoms with E-state index in [1.807, 2.05) is 0 Å². The second-order valence-corrected chi connectivity index (χ2v) is 11.5. The van der Waals surface area contributed by atoms with E-state index >= 15 is 0 Å². The zero-order chi connectivity index (χ0) is 14.4. The van der Waals surface area contributed by atoms with Crippen LogP contribution in [0.2, 0.25) is 17.1 Å². The largest absolute Gasteiger partial charge is 4.00 e. The van der Waals surface area contributed by atoms with Gasteiger partial charge in [-0.05, 0) is 0 Å². The summed E-state index contributed by atoms with van der Waals surface area (Å²) in [5.74, 6) is 0. The van der Waals surface area contributed by atoms with Gasteiger partial charge in [0.25, 0.3) is 0 Å². The molecule has 0 aromatic heterocycles. The first kappa shape index (κ1) is 26.7. The Balaban J connectivity index is 0. The third-order valence-corrected chi connectivity index (χ3v) is 12.3. The third kappa shape index (κ3) is 3.92. The summed E-state index contributed by atoms with van der Waals surface area (Å²) in [6.07, 6.45) is 6.73. The van der Waals surface area contributed by atoms with E-state index in [1.54, 1.807) is 10.8 Å². The topological polar surface area (TPSA) is 0 Å². The maximum Gasteiger partial charge on any atom is 4.00 e. The van der Waals surface area contributed by atoms with Crippen molar-refractivity contribution in [3.8, 4) is 0 Å². The van der Waals surface area contributed by atoms with Gasteiger partial charge >= 0.3 is 21.7 Å². The van der Waals surface area contributed by atoms with Gasteiger partial charge in [-0.2, -0.15) is 11.1 Å². The molecule has 1 saturated heterocycles. The van der Waals surface area contributed by atoms with Gasteiger partial charge in [-0.1, -0.05) is 86.3 Å². The normalized spacial score (nSPS) is 24.1. The molecule has 24 heavy (non-hydrogen) atoms.